The molecule has 0 unspecified atom stereocenters. The predicted molar refractivity (Wildman–Crippen MR) is 80.0 cm³/mol. The lowest BCUT2D eigenvalue weighted by molar-refractivity contribution is -0.109. The van der Waals surface area contributed by atoms with Crippen molar-refractivity contribution in [3.05, 3.63) is 34.4 Å². The summed E-state index contributed by atoms with van der Waals surface area (Å²) in [5.74, 6) is 6.92. The third-order valence-corrected chi connectivity index (χ3v) is 3.46. The fraction of sp³-hybridized carbons (Fsp3) is 0.438. The molecule has 1 aromatic carbocycles. The molecule has 1 nitrogen and oxygen atoms in total. The van der Waals surface area contributed by atoms with Gasteiger partial charge in [0.2, 0.25) is 0 Å². The monoisotopic (exact) mass is 260 g/mol. The molecule has 96 valence electrons. The molecule has 0 saturated carbocycles. The molecule has 0 spiro atoms. The smallest absolute Gasteiger partial charge is 0.186 e. The zero-order valence-electron chi connectivity index (χ0n) is 11.6. The van der Waals surface area contributed by atoms with Crippen molar-refractivity contribution in [1.29, 1.82) is 0 Å². The van der Waals surface area contributed by atoms with E-state index in [0.29, 0.717) is 5.75 Å². The zero-order chi connectivity index (χ0) is 13.5. The number of aryl methyl sites for hydroxylation is 3. The topological polar surface area (TPSA) is 17.1 Å². The van der Waals surface area contributed by atoms with Gasteiger partial charge in [-0.25, -0.2) is 0 Å². The quantitative estimate of drug-likeness (QED) is 0.770. The number of hydrogen-bond acceptors (Lipinski definition) is 2. The minimum Gasteiger partial charge on any atom is -0.288 e. The zero-order valence-corrected chi connectivity index (χ0v) is 12.4. The summed E-state index contributed by atoms with van der Waals surface area (Å²) in [6.07, 6.45) is 2.00. The van der Waals surface area contributed by atoms with Crippen LogP contribution in [0.2, 0.25) is 0 Å². The normalized spacial score (nSPS) is 9.78. The van der Waals surface area contributed by atoms with Crippen molar-refractivity contribution in [1.82, 2.24) is 0 Å². The molecule has 0 aliphatic carbocycles. The maximum atomic E-state index is 10.8. The summed E-state index contributed by atoms with van der Waals surface area (Å²) in [7, 11) is 0. The average Bonchev–Trinajstić information content (AvgIpc) is 2.34. The van der Waals surface area contributed by atoms with E-state index in [4.69, 9.17) is 0 Å². The van der Waals surface area contributed by atoms with Crippen LogP contribution in [0.1, 0.15) is 43.0 Å². The van der Waals surface area contributed by atoms with E-state index in [1.54, 1.807) is 6.92 Å². The molecule has 1 aromatic rings. The second-order valence-corrected chi connectivity index (χ2v) is 5.40. The van der Waals surface area contributed by atoms with Crippen LogP contribution in [0.4, 0.5) is 0 Å². The van der Waals surface area contributed by atoms with Gasteiger partial charge in [-0.1, -0.05) is 55.1 Å². The van der Waals surface area contributed by atoms with E-state index in [1.165, 1.54) is 28.5 Å². The first-order valence-electron chi connectivity index (χ1n) is 6.33. The van der Waals surface area contributed by atoms with Crippen molar-refractivity contribution in [3.63, 3.8) is 0 Å². The average molecular weight is 260 g/mol. The van der Waals surface area contributed by atoms with Gasteiger partial charge in [-0.05, 0) is 30.9 Å². The lowest BCUT2D eigenvalue weighted by atomic mass is 9.95. The van der Waals surface area contributed by atoms with E-state index >= 15 is 0 Å². The van der Waals surface area contributed by atoms with E-state index in [9.17, 15) is 4.79 Å². The summed E-state index contributed by atoms with van der Waals surface area (Å²) >= 11 is 1.27. The van der Waals surface area contributed by atoms with Crippen LogP contribution in [0.25, 0.3) is 0 Å². The van der Waals surface area contributed by atoms with Crippen molar-refractivity contribution in [2.75, 3.05) is 5.75 Å². The molecule has 0 N–H and O–H groups in total. The number of carbonyl (C=O) groups excluding carboxylic acids is 1. The Kier molecular flexibility index (Phi) is 6.01. The molecule has 0 heterocycles. The van der Waals surface area contributed by atoms with E-state index in [-0.39, 0.29) is 5.12 Å². The number of hydrogen-bond donors (Lipinski definition) is 0. The van der Waals surface area contributed by atoms with Crippen LogP contribution in [0.3, 0.4) is 0 Å². The maximum absolute atomic E-state index is 10.8. The van der Waals surface area contributed by atoms with Crippen LogP contribution in [0.5, 0.6) is 0 Å². The maximum Gasteiger partial charge on any atom is 0.186 e. The molecule has 0 amide bonds. The SMILES string of the molecule is CCc1cc(C)cc(CC)c1C#CCSC(C)=O. The summed E-state index contributed by atoms with van der Waals surface area (Å²) < 4.78 is 0. The Hall–Kier alpha value is -1.20. The van der Waals surface area contributed by atoms with Crippen LogP contribution in [0, 0.1) is 18.8 Å². The van der Waals surface area contributed by atoms with Gasteiger partial charge in [0.1, 0.15) is 0 Å². The second-order valence-electron chi connectivity index (χ2n) is 4.25. The highest BCUT2D eigenvalue weighted by atomic mass is 32.2. The first-order valence-corrected chi connectivity index (χ1v) is 7.31. The summed E-state index contributed by atoms with van der Waals surface area (Å²) in [6.45, 7) is 8.02. The lowest BCUT2D eigenvalue weighted by Crippen LogP contribution is -1.96. The van der Waals surface area contributed by atoms with Gasteiger partial charge in [-0.2, -0.15) is 0 Å². The largest absolute Gasteiger partial charge is 0.288 e. The summed E-state index contributed by atoms with van der Waals surface area (Å²) in [4.78, 5) is 10.8. The molecule has 0 aliphatic heterocycles. The number of benzene rings is 1. The van der Waals surface area contributed by atoms with Crippen molar-refractivity contribution in [3.8, 4) is 11.8 Å². The highest BCUT2D eigenvalue weighted by Gasteiger charge is 2.05. The van der Waals surface area contributed by atoms with E-state index in [1.807, 2.05) is 0 Å². The number of rotatable bonds is 3. The fourth-order valence-electron chi connectivity index (χ4n) is 1.92. The Labute approximate surface area is 114 Å². The van der Waals surface area contributed by atoms with Crippen molar-refractivity contribution in [2.24, 2.45) is 0 Å². The van der Waals surface area contributed by atoms with Gasteiger partial charge in [0.25, 0.3) is 0 Å². The first kappa shape index (κ1) is 14.9. The lowest BCUT2D eigenvalue weighted by Gasteiger charge is -2.09. The Balaban J connectivity index is 3.02. The molecular weight excluding hydrogens is 240 g/mol. The van der Waals surface area contributed by atoms with E-state index in [2.05, 4.69) is 44.7 Å². The van der Waals surface area contributed by atoms with Crippen molar-refractivity contribution in [2.45, 2.75) is 40.5 Å². The Morgan fingerprint density at radius 1 is 1.22 bits per heavy atom. The molecule has 0 radical (unpaired) electrons. The summed E-state index contributed by atoms with van der Waals surface area (Å²) in [5.41, 5.74) is 5.08. The van der Waals surface area contributed by atoms with Crippen LogP contribution < -0.4 is 0 Å². The molecule has 1 rings (SSSR count). The third-order valence-electron chi connectivity index (χ3n) is 2.77. The molecule has 0 atom stereocenters. The number of carbonyl (C=O) groups is 1. The Morgan fingerprint density at radius 3 is 2.22 bits per heavy atom. The molecule has 0 fully saturated rings. The minimum atomic E-state index is 0.125. The van der Waals surface area contributed by atoms with Crippen LogP contribution in [-0.2, 0) is 17.6 Å². The minimum absolute atomic E-state index is 0.125. The van der Waals surface area contributed by atoms with Crippen LogP contribution in [-0.4, -0.2) is 10.9 Å². The van der Waals surface area contributed by atoms with Crippen molar-refractivity contribution < 1.29 is 4.79 Å². The van der Waals surface area contributed by atoms with Gasteiger partial charge in [-0.3, -0.25) is 4.79 Å². The van der Waals surface area contributed by atoms with Gasteiger partial charge in [0.05, 0.1) is 5.75 Å². The standard InChI is InChI=1S/C16H20OS/c1-5-14-10-12(3)11-15(6-2)16(14)8-7-9-18-13(4)17/h10-11H,5-6,9H2,1-4H3. The predicted octanol–water partition coefficient (Wildman–Crippen LogP) is 3.75. The van der Waals surface area contributed by atoms with E-state index in [0.717, 1.165) is 18.4 Å². The fourth-order valence-corrected chi connectivity index (χ4v) is 2.27. The molecule has 0 aromatic heterocycles. The summed E-state index contributed by atoms with van der Waals surface area (Å²) in [6, 6.07) is 4.42. The Morgan fingerprint density at radius 2 is 1.78 bits per heavy atom. The molecule has 0 saturated heterocycles. The molecule has 2 heteroatoms. The van der Waals surface area contributed by atoms with E-state index < -0.39 is 0 Å². The molecule has 0 bridgehead atoms. The molecule has 18 heavy (non-hydrogen) atoms. The van der Waals surface area contributed by atoms with Gasteiger partial charge >= 0.3 is 0 Å². The molecule has 0 aliphatic rings. The number of thioether (sulfide) groups is 1. The third kappa shape index (κ3) is 4.23. The molecular formula is C16H20OS. The first-order chi connectivity index (χ1) is 8.58. The Bertz CT molecular complexity index is 467. The highest BCUT2D eigenvalue weighted by molar-refractivity contribution is 8.13. The van der Waals surface area contributed by atoms with Gasteiger partial charge in [0, 0.05) is 12.5 Å². The highest BCUT2D eigenvalue weighted by Crippen LogP contribution is 2.18. The van der Waals surface area contributed by atoms with Gasteiger partial charge in [0.15, 0.2) is 5.12 Å². The second kappa shape index (κ2) is 7.28. The summed E-state index contributed by atoms with van der Waals surface area (Å²) in [5, 5.41) is 0.125. The van der Waals surface area contributed by atoms with Crippen molar-refractivity contribution >= 4 is 16.9 Å². The van der Waals surface area contributed by atoms with Gasteiger partial charge < -0.3 is 0 Å². The van der Waals surface area contributed by atoms with Crippen LogP contribution >= 0.6 is 11.8 Å². The van der Waals surface area contributed by atoms with Crippen LogP contribution in [0.15, 0.2) is 12.1 Å². The van der Waals surface area contributed by atoms with Gasteiger partial charge in [-0.15, -0.1) is 0 Å².